The summed E-state index contributed by atoms with van der Waals surface area (Å²) >= 11 is 12.4. The first-order chi connectivity index (χ1) is 18.0. The molecule has 3 atom stereocenters. The van der Waals surface area contributed by atoms with Crippen molar-refractivity contribution in [3.05, 3.63) is 118 Å². The summed E-state index contributed by atoms with van der Waals surface area (Å²) in [5.41, 5.74) is 9.79. The van der Waals surface area contributed by atoms with Gasteiger partial charge in [-0.15, -0.1) is 0 Å². The molecule has 0 aromatic heterocycles. The van der Waals surface area contributed by atoms with Gasteiger partial charge in [0.05, 0.1) is 6.04 Å². The lowest BCUT2D eigenvalue weighted by molar-refractivity contribution is -0.136. The molecule has 190 valence electrons. The van der Waals surface area contributed by atoms with E-state index in [1.54, 1.807) is 12.1 Å². The van der Waals surface area contributed by atoms with Crippen LogP contribution in [0.15, 0.2) is 91.0 Å². The van der Waals surface area contributed by atoms with Crippen LogP contribution in [0.3, 0.4) is 0 Å². The summed E-state index contributed by atoms with van der Waals surface area (Å²) in [6, 6.07) is 30.1. The summed E-state index contributed by atoms with van der Waals surface area (Å²) in [5, 5.41) is 7.21. The van der Waals surface area contributed by atoms with E-state index in [9.17, 15) is 4.79 Å². The van der Waals surface area contributed by atoms with E-state index in [-0.39, 0.29) is 18.0 Å². The number of rotatable bonds is 7. The summed E-state index contributed by atoms with van der Waals surface area (Å²) in [6.45, 7) is 1.32. The minimum atomic E-state index is -0.687. The Morgan fingerprint density at radius 1 is 0.892 bits per heavy atom. The van der Waals surface area contributed by atoms with Crippen LogP contribution in [0.2, 0.25) is 10.0 Å². The van der Waals surface area contributed by atoms with Crippen molar-refractivity contribution in [3.63, 3.8) is 0 Å². The minimum Gasteiger partial charge on any atom is -0.335 e. The number of carbonyl (C=O) groups is 1. The zero-order valence-corrected chi connectivity index (χ0v) is 22.1. The highest BCUT2D eigenvalue weighted by molar-refractivity contribution is 6.35. The largest absolute Gasteiger partial charge is 0.335 e. The van der Waals surface area contributed by atoms with Crippen LogP contribution in [0.25, 0.3) is 10.8 Å². The van der Waals surface area contributed by atoms with Crippen molar-refractivity contribution in [3.8, 4) is 0 Å². The molecule has 5 rings (SSSR count). The smallest absolute Gasteiger partial charge is 0.240 e. The number of carbonyl (C=O) groups excluding carboxylic acids is 1. The van der Waals surface area contributed by atoms with Crippen molar-refractivity contribution in [1.82, 2.24) is 10.2 Å². The quantitative estimate of drug-likeness (QED) is 0.323. The van der Waals surface area contributed by atoms with Gasteiger partial charge in [0.1, 0.15) is 0 Å². The molecule has 0 saturated carbocycles. The highest BCUT2D eigenvalue weighted by Crippen LogP contribution is 2.24. The van der Waals surface area contributed by atoms with E-state index in [4.69, 9.17) is 28.9 Å². The van der Waals surface area contributed by atoms with Crippen molar-refractivity contribution in [2.75, 3.05) is 13.1 Å². The van der Waals surface area contributed by atoms with Crippen LogP contribution in [0.5, 0.6) is 0 Å². The van der Waals surface area contributed by atoms with Gasteiger partial charge < -0.3 is 16.0 Å². The molecule has 1 fully saturated rings. The zero-order valence-electron chi connectivity index (χ0n) is 20.6. The maximum Gasteiger partial charge on any atom is 0.240 e. The molecule has 1 heterocycles. The molecule has 0 radical (unpaired) electrons. The van der Waals surface area contributed by atoms with Crippen LogP contribution < -0.4 is 11.1 Å². The Kier molecular flexibility index (Phi) is 8.11. The summed E-state index contributed by atoms with van der Waals surface area (Å²) < 4.78 is 0. The normalized spacial score (nSPS) is 18.6. The number of hydrogen-bond donors (Lipinski definition) is 2. The number of hydrogen-bond acceptors (Lipinski definition) is 3. The van der Waals surface area contributed by atoms with Crippen molar-refractivity contribution in [1.29, 1.82) is 0 Å². The molecule has 4 nitrogen and oxygen atoms in total. The fraction of sp³-hybridized carbons (Fsp3) is 0.258. The van der Waals surface area contributed by atoms with Crippen molar-refractivity contribution in [2.24, 2.45) is 5.73 Å². The van der Waals surface area contributed by atoms with Gasteiger partial charge in [0.25, 0.3) is 0 Å². The molecule has 0 bridgehead atoms. The number of fused-ring (bicyclic) bond motifs is 1. The van der Waals surface area contributed by atoms with E-state index >= 15 is 0 Å². The second-order valence-corrected chi connectivity index (χ2v) is 10.7. The molecule has 0 spiro atoms. The molecular formula is C31H31Cl2N3O. The van der Waals surface area contributed by atoms with Gasteiger partial charge in [-0.3, -0.25) is 4.79 Å². The first kappa shape index (κ1) is 25.7. The number of piperazine rings is 1. The van der Waals surface area contributed by atoms with Crippen LogP contribution in [0.1, 0.15) is 16.7 Å². The zero-order chi connectivity index (χ0) is 25.8. The fourth-order valence-electron chi connectivity index (χ4n) is 5.21. The molecule has 1 amide bonds. The Balaban J connectivity index is 1.36. The predicted molar refractivity (Wildman–Crippen MR) is 153 cm³/mol. The number of nitrogens with one attached hydrogen (secondary N) is 1. The van der Waals surface area contributed by atoms with Gasteiger partial charge >= 0.3 is 0 Å². The van der Waals surface area contributed by atoms with Gasteiger partial charge in [-0.2, -0.15) is 0 Å². The third kappa shape index (κ3) is 6.34. The number of benzene rings is 4. The van der Waals surface area contributed by atoms with E-state index in [0.717, 1.165) is 18.4 Å². The van der Waals surface area contributed by atoms with Crippen LogP contribution >= 0.6 is 23.2 Å². The number of nitrogens with two attached hydrogens (primary N) is 1. The predicted octanol–water partition coefficient (Wildman–Crippen LogP) is 5.67. The second-order valence-electron chi connectivity index (χ2n) is 9.87. The molecule has 37 heavy (non-hydrogen) atoms. The number of halogens is 2. The summed E-state index contributed by atoms with van der Waals surface area (Å²) in [6.07, 6.45) is 1.98. The Morgan fingerprint density at radius 2 is 1.65 bits per heavy atom. The van der Waals surface area contributed by atoms with Crippen LogP contribution in [-0.2, 0) is 24.1 Å². The standard InChI is InChI=1S/C31H31Cl2N3O/c32-26-13-12-25(29(33)18-26)17-30(34)31(37)36-20-27(15-21-6-2-1-3-7-21)35-19-28(36)16-22-10-11-23-8-4-5-9-24(23)14-22/h1-14,18,27-28,30,35H,15-17,19-20,34H2/t27-,28+,30?/m0/s1. The minimum absolute atomic E-state index is 0.00688. The van der Waals surface area contributed by atoms with Gasteiger partial charge in [-0.25, -0.2) is 0 Å². The molecular weight excluding hydrogens is 501 g/mol. The third-order valence-electron chi connectivity index (χ3n) is 7.17. The average Bonchev–Trinajstić information content (AvgIpc) is 2.91. The second kappa shape index (κ2) is 11.7. The van der Waals surface area contributed by atoms with Crippen LogP contribution in [0.4, 0.5) is 0 Å². The Labute approximate surface area is 228 Å². The molecule has 1 unspecified atom stereocenters. The molecule has 4 aromatic rings. The number of nitrogens with zero attached hydrogens (tertiary/aromatic N) is 1. The van der Waals surface area contributed by atoms with E-state index in [1.165, 1.54) is 21.9 Å². The molecule has 1 saturated heterocycles. The lowest BCUT2D eigenvalue weighted by Gasteiger charge is -2.42. The van der Waals surface area contributed by atoms with Crippen LogP contribution in [-0.4, -0.2) is 42.0 Å². The summed E-state index contributed by atoms with van der Waals surface area (Å²) in [4.78, 5) is 15.8. The molecule has 6 heteroatoms. The Bertz CT molecular complexity index is 1380. The highest BCUT2D eigenvalue weighted by atomic mass is 35.5. The first-order valence-corrected chi connectivity index (χ1v) is 13.5. The van der Waals surface area contributed by atoms with E-state index in [2.05, 4.69) is 72.0 Å². The highest BCUT2D eigenvalue weighted by Gasteiger charge is 2.34. The van der Waals surface area contributed by atoms with Crippen molar-refractivity contribution in [2.45, 2.75) is 37.4 Å². The van der Waals surface area contributed by atoms with Gasteiger partial charge in [-0.1, -0.05) is 102 Å². The van der Waals surface area contributed by atoms with Gasteiger partial charge in [0.2, 0.25) is 5.91 Å². The van der Waals surface area contributed by atoms with Crippen molar-refractivity contribution < 1.29 is 4.79 Å². The summed E-state index contributed by atoms with van der Waals surface area (Å²) in [5.74, 6) is -0.0450. The molecule has 0 aliphatic carbocycles. The summed E-state index contributed by atoms with van der Waals surface area (Å²) in [7, 11) is 0. The van der Waals surface area contributed by atoms with Gasteiger partial charge in [-0.05, 0) is 58.9 Å². The lowest BCUT2D eigenvalue weighted by atomic mass is 9.95. The van der Waals surface area contributed by atoms with Gasteiger partial charge in [0.15, 0.2) is 0 Å². The lowest BCUT2D eigenvalue weighted by Crippen LogP contribution is -2.62. The van der Waals surface area contributed by atoms with Gasteiger partial charge in [0, 0.05) is 35.2 Å². The molecule has 4 aromatic carbocycles. The Hall–Kier alpha value is -2.89. The van der Waals surface area contributed by atoms with Crippen molar-refractivity contribution >= 4 is 39.9 Å². The number of amides is 1. The topological polar surface area (TPSA) is 58.4 Å². The monoisotopic (exact) mass is 531 g/mol. The maximum atomic E-state index is 13.8. The van der Waals surface area contributed by atoms with Crippen LogP contribution in [0, 0.1) is 0 Å². The first-order valence-electron chi connectivity index (χ1n) is 12.7. The van der Waals surface area contributed by atoms with E-state index in [1.807, 2.05) is 17.0 Å². The van der Waals surface area contributed by atoms with E-state index < -0.39 is 6.04 Å². The fourth-order valence-corrected chi connectivity index (χ4v) is 5.70. The molecule has 1 aliphatic heterocycles. The average molecular weight is 533 g/mol. The Morgan fingerprint density at radius 3 is 2.43 bits per heavy atom. The molecule has 1 aliphatic rings. The molecule has 3 N–H and O–H groups in total. The third-order valence-corrected chi connectivity index (χ3v) is 7.75. The SMILES string of the molecule is NC(Cc1ccc(Cl)cc1Cl)C(=O)N1C[C@H](Cc2ccccc2)NC[C@H]1Cc1ccc2ccccc2c1. The van der Waals surface area contributed by atoms with E-state index in [0.29, 0.717) is 29.6 Å². The maximum absolute atomic E-state index is 13.8.